The molecule has 0 aromatic carbocycles. The fraction of sp³-hybridized carbons (Fsp3) is 0.200. The molecule has 0 saturated heterocycles. The SMILES string of the molecule is COC(=O)/C=C/c1cc(C)nc(-c2cc(/C=C/C(=O)OC)cc(C)n2)c1. The molecule has 0 aliphatic carbocycles. The summed E-state index contributed by atoms with van der Waals surface area (Å²) in [6.45, 7) is 3.74. The van der Waals surface area contributed by atoms with Crippen molar-refractivity contribution in [3.63, 3.8) is 0 Å². The van der Waals surface area contributed by atoms with E-state index in [1.54, 1.807) is 12.2 Å². The molecular formula is C20H20N2O4. The minimum atomic E-state index is -0.426. The molecule has 0 bridgehead atoms. The van der Waals surface area contributed by atoms with Gasteiger partial charge in [0.2, 0.25) is 0 Å². The van der Waals surface area contributed by atoms with Gasteiger partial charge in [0.15, 0.2) is 0 Å². The van der Waals surface area contributed by atoms with E-state index in [4.69, 9.17) is 0 Å². The zero-order valence-corrected chi connectivity index (χ0v) is 15.1. The van der Waals surface area contributed by atoms with Gasteiger partial charge in [0.1, 0.15) is 0 Å². The smallest absolute Gasteiger partial charge is 0.330 e. The average molecular weight is 352 g/mol. The van der Waals surface area contributed by atoms with Gasteiger partial charge in [-0.2, -0.15) is 0 Å². The third-order valence-corrected chi connectivity index (χ3v) is 3.44. The van der Waals surface area contributed by atoms with Gasteiger partial charge < -0.3 is 9.47 Å². The Hall–Kier alpha value is -3.28. The van der Waals surface area contributed by atoms with E-state index >= 15 is 0 Å². The molecule has 0 radical (unpaired) electrons. The predicted octanol–water partition coefficient (Wildman–Crippen LogP) is 3.13. The molecule has 0 fully saturated rings. The monoisotopic (exact) mass is 352 g/mol. The molecule has 0 aliphatic heterocycles. The van der Waals surface area contributed by atoms with Crippen LogP contribution in [0.1, 0.15) is 22.5 Å². The first-order valence-electron chi connectivity index (χ1n) is 7.91. The number of aromatic nitrogens is 2. The maximum atomic E-state index is 11.3. The van der Waals surface area contributed by atoms with Gasteiger partial charge >= 0.3 is 11.9 Å². The Morgan fingerprint density at radius 1 is 0.769 bits per heavy atom. The van der Waals surface area contributed by atoms with Crippen LogP contribution in [0.25, 0.3) is 23.5 Å². The highest BCUT2D eigenvalue weighted by molar-refractivity contribution is 5.88. The zero-order chi connectivity index (χ0) is 19.1. The largest absolute Gasteiger partial charge is 0.466 e. The highest BCUT2D eigenvalue weighted by Gasteiger charge is 2.06. The van der Waals surface area contributed by atoms with Crippen LogP contribution >= 0.6 is 0 Å². The second-order valence-corrected chi connectivity index (χ2v) is 5.57. The zero-order valence-electron chi connectivity index (χ0n) is 15.1. The van der Waals surface area contributed by atoms with Crippen LogP contribution in [0.15, 0.2) is 36.4 Å². The summed E-state index contributed by atoms with van der Waals surface area (Å²) in [4.78, 5) is 31.6. The number of rotatable bonds is 5. The number of carbonyl (C=O) groups is 2. The minimum absolute atomic E-state index is 0.426. The van der Waals surface area contributed by atoms with Gasteiger partial charge in [0, 0.05) is 23.5 Å². The lowest BCUT2D eigenvalue weighted by Crippen LogP contribution is -1.96. The van der Waals surface area contributed by atoms with Crippen molar-refractivity contribution in [2.24, 2.45) is 0 Å². The van der Waals surface area contributed by atoms with E-state index in [0.717, 1.165) is 22.5 Å². The van der Waals surface area contributed by atoms with Crippen molar-refractivity contribution in [2.75, 3.05) is 14.2 Å². The standard InChI is InChI=1S/C20H20N2O4/c1-13-9-15(5-7-19(23)25-3)11-17(21-13)18-12-16(10-14(2)22-18)6-8-20(24)26-4/h5-12H,1-4H3/b7-5+,8-6+. The lowest BCUT2D eigenvalue weighted by Gasteiger charge is -2.07. The molecule has 0 saturated carbocycles. The molecule has 0 aliphatic rings. The van der Waals surface area contributed by atoms with Crippen molar-refractivity contribution in [2.45, 2.75) is 13.8 Å². The van der Waals surface area contributed by atoms with Crippen LogP contribution in [0.5, 0.6) is 0 Å². The minimum Gasteiger partial charge on any atom is -0.466 e. The number of hydrogen-bond donors (Lipinski definition) is 0. The van der Waals surface area contributed by atoms with E-state index < -0.39 is 11.9 Å². The quantitative estimate of drug-likeness (QED) is 0.608. The Kier molecular flexibility index (Phi) is 6.38. The van der Waals surface area contributed by atoms with Gasteiger partial charge in [-0.25, -0.2) is 9.59 Å². The van der Waals surface area contributed by atoms with Gasteiger partial charge in [-0.15, -0.1) is 0 Å². The van der Waals surface area contributed by atoms with Crippen LogP contribution in [0.4, 0.5) is 0 Å². The molecule has 2 aromatic rings. The topological polar surface area (TPSA) is 78.4 Å². The number of carbonyl (C=O) groups excluding carboxylic acids is 2. The normalized spacial score (nSPS) is 11.1. The molecule has 6 nitrogen and oxygen atoms in total. The Labute approximate surface area is 152 Å². The lowest BCUT2D eigenvalue weighted by molar-refractivity contribution is -0.135. The van der Waals surface area contributed by atoms with Crippen LogP contribution in [0, 0.1) is 13.8 Å². The Bertz CT molecular complexity index is 812. The van der Waals surface area contributed by atoms with Gasteiger partial charge in [0.25, 0.3) is 0 Å². The second kappa shape index (κ2) is 8.71. The molecule has 0 atom stereocenters. The fourth-order valence-electron chi connectivity index (χ4n) is 2.31. The molecule has 0 unspecified atom stereocenters. The van der Waals surface area contributed by atoms with E-state index in [2.05, 4.69) is 19.4 Å². The molecule has 0 spiro atoms. The van der Waals surface area contributed by atoms with E-state index in [-0.39, 0.29) is 0 Å². The number of hydrogen-bond acceptors (Lipinski definition) is 6. The summed E-state index contributed by atoms with van der Waals surface area (Å²) in [5.41, 5.74) is 4.56. The fourth-order valence-corrected chi connectivity index (χ4v) is 2.31. The maximum absolute atomic E-state index is 11.3. The van der Waals surface area contributed by atoms with Crippen molar-refractivity contribution in [1.29, 1.82) is 0 Å². The van der Waals surface area contributed by atoms with Crippen LogP contribution < -0.4 is 0 Å². The van der Waals surface area contributed by atoms with Crippen molar-refractivity contribution in [1.82, 2.24) is 9.97 Å². The molecule has 2 rings (SSSR count). The summed E-state index contributed by atoms with van der Waals surface area (Å²) in [6.07, 6.45) is 6.04. The van der Waals surface area contributed by atoms with Gasteiger partial charge in [-0.3, -0.25) is 9.97 Å². The van der Waals surface area contributed by atoms with E-state index in [0.29, 0.717) is 11.4 Å². The van der Waals surface area contributed by atoms with Crippen LogP contribution in [-0.4, -0.2) is 36.1 Å². The first-order chi connectivity index (χ1) is 12.4. The number of pyridine rings is 2. The van der Waals surface area contributed by atoms with Crippen LogP contribution in [-0.2, 0) is 19.1 Å². The average Bonchev–Trinajstić information content (AvgIpc) is 2.63. The first-order valence-corrected chi connectivity index (χ1v) is 7.91. The molecule has 6 heteroatoms. The summed E-state index contributed by atoms with van der Waals surface area (Å²) in [5.74, 6) is -0.852. The molecule has 26 heavy (non-hydrogen) atoms. The Morgan fingerprint density at radius 2 is 1.15 bits per heavy atom. The number of aryl methyl sites for hydroxylation is 2. The molecular weight excluding hydrogens is 332 g/mol. The van der Waals surface area contributed by atoms with E-state index in [1.165, 1.54) is 26.4 Å². The lowest BCUT2D eigenvalue weighted by atomic mass is 10.1. The maximum Gasteiger partial charge on any atom is 0.330 e. The highest BCUT2D eigenvalue weighted by atomic mass is 16.5. The highest BCUT2D eigenvalue weighted by Crippen LogP contribution is 2.21. The third-order valence-electron chi connectivity index (χ3n) is 3.44. The first kappa shape index (κ1) is 19.1. The van der Waals surface area contributed by atoms with Crippen molar-refractivity contribution in [3.05, 3.63) is 58.9 Å². The van der Waals surface area contributed by atoms with Crippen LogP contribution in [0.2, 0.25) is 0 Å². The summed E-state index contributed by atoms with van der Waals surface area (Å²) in [6, 6.07) is 7.39. The molecule has 2 heterocycles. The number of methoxy groups -OCH3 is 2. The van der Waals surface area contributed by atoms with E-state index in [1.807, 2.05) is 38.1 Å². The van der Waals surface area contributed by atoms with Gasteiger partial charge in [0.05, 0.1) is 25.6 Å². The molecule has 0 N–H and O–H groups in total. The van der Waals surface area contributed by atoms with Gasteiger partial charge in [-0.1, -0.05) is 0 Å². The second-order valence-electron chi connectivity index (χ2n) is 5.57. The molecule has 0 amide bonds. The summed E-state index contributed by atoms with van der Waals surface area (Å²) in [7, 11) is 2.66. The number of ether oxygens (including phenoxy) is 2. The molecule has 134 valence electrons. The summed E-state index contributed by atoms with van der Waals surface area (Å²) in [5, 5.41) is 0. The van der Waals surface area contributed by atoms with Crippen LogP contribution in [0.3, 0.4) is 0 Å². The Morgan fingerprint density at radius 3 is 1.50 bits per heavy atom. The van der Waals surface area contributed by atoms with Crippen molar-refractivity contribution >= 4 is 24.1 Å². The number of nitrogens with zero attached hydrogens (tertiary/aromatic N) is 2. The number of esters is 2. The summed E-state index contributed by atoms with van der Waals surface area (Å²) >= 11 is 0. The van der Waals surface area contributed by atoms with Gasteiger partial charge in [-0.05, 0) is 61.4 Å². The third kappa shape index (κ3) is 5.37. The predicted molar refractivity (Wildman–Crippen MR) is 99.0 cm³/mol. The molecule has 2 aromatic heterocycles. The van der Waals surface area contributed by atoms with Crippen molar-refractivity contribution in [3.8, 4) is 11.4 Å². The van der Waals surface area contributed by atoms with E-state index in [9.17, 15) is 9.59 Å². The summed E-state index contributed by atoms with van der Waals surface area (Å²) < 4.78 is 9.21. The Balaban J connectivity index is 2.41. The van der Waals surface area contributed by atoms with Crippen molar-refractivity contribution < 1.29 is 19.1 Å².